The van der Waals surface area contributed by atoms with Gasteiger partial charge in [0.05, 0.1) is 26.0 Å². The second kappa shape index (κ2) is 9.73. The number of benzene rings is 1. The average molecular weight is 409 g/mol. The molecule has 1 aliphatic rings. The molecule has 0 aliphatic carbocycles. The van der Waals surface area contributed by atoms with E-state index in [1.807, 2.05) is 11.1 Å². The largest absolute Gasteiger partial charge is 0.459 e. The fourth-order valence-corrected chi connectivity index (χ4v) is 3.71. The predicted molar refractivity (Wildman–Crippen MR) is 113 cm³/mol. The van der Waals surface area contributed by atoms with E-state index >= 15 is 0 Å². The Labute approximate surface area is 176 Å². The van der Waals surface area contributed by atoms with Crippen LogP contribution in [-0.4, -0.2) is 64.7 Å². The van der Waals surface area contributed by atoms with Gasteiger partial charge in [-0.2, -0.15) is 0 Å². The quantitative estimate of drug-likeness (QED) is 0.574. The summed E-state index contributed by atoms with van der Waals surface area (Å²) in [6, 6.07) is 11.9. The number of rotatable bonds is 8. The highest BCUT2D eigenvalue weighted by Gasteiger charge is 2.22. The van der Waals surface area contributed by atoms with Crippen molar-refractivity contribution in [1.29, 1.82) is 0 Å². The molecule has 1 aliphatic heterocycles. The molecule has 1 aromatic carbocycles. The molecule has 0 saturated carbocycles. The Morgan fingerprint density at radius 1 is 1.20 bits per heavy atom. The Kier molecular flexibility index (Phi) is 6.61. The van der Waals surface area contributed by atoms with Crippen molar-refractivity contribution in [1.82, 2.24) is 19.4 Å². The normalized spacial score (nSPS) is 14.7. The zero-order valence-electron chi connectivity index (χ0n) is 17.4. The number of ether oxygens (including phenoxy) is 1. The molecule has 30 heavy (non-hydrogen) atoms. The van der Waals surface area contributed by atoms with Crippen LogP contribution in [0.15, 0.2) is 59.5 Å². The van der Waals surface area contributed by atoms with Crippen molar-refractivity contribution in [2.45, 2.75) is 20.0 Å². The summed E-state index contributed by atoms with van der Waals surface area (Å²) in [4.78, 5) is 21.8. The van der Waals surface area contributed by atoms with Gasteiger partial charge < -0.3 is 18.6 Å². The lowest BCUT2D eigenvalue weighted by molar-refractivity contribution is 0.0314. The molecule has 7 nitrogen and oxygen atoms in total. The number of carbonyl (C=O) groups is 1. The van der Waals surface area contributed by atoms with E-state index in [0.717, 1.165) is 45.2 Å². The SMILES string of the molecule is Cc1cccc(Cn2ccnc2CN(CCN2CCOCC2)C(=O)c2ccco2)c1. The van der Waals surface area contributed by atoms with E-state index in [1.54, 1.807) is 18.3 Å². The molecule has 0 bridgehead atoms. The van der Waals surface area contributed by atoms with Crippen molar-refractivity contribution >= 4 is 5.91 Å². The number of carbonyl (C=O) groups excluding carboxylic acids is 1. The number of aromatic nitrogens is 2. The minimum atomic E-state index is -0.113. The van der Waals surface area contributed by atoms with Gasteiger partial charge in [0.15, 0.2) is 5.76 Å². The number of imidazole rings is 1. The Hall–Kier alpha value is -2.90. The molecule has 7 heteroatoms. The Morgan fingerprint density at radius 2 is 2.07 bits per heavy atom. The maximum Gasteiger partial charge on any atom is 0.289 e. The van der Waals surface area contributed by atoms with Gasteiger partial charge in [0.25, 0.3) is 5.91 Å². The highest BCUT2D eigenvalue weighted by atomic mass is 16.5. The Morgan fingerprint density at radius 3 is 2.83 bits per heavy atom. The van der Waals surface area contributed by atoms with Crippen LogP contribution in [0, 0.1) is 6.92 Å². The first-order valence-electron chi connectivity index (χ1n) is 10.4. The van der Waals surface area contributed by atoms with Gasteiger partial charge in [-0.1, -0.05) is 29.8 Å². The molecule has 1 fully saturated rings. The van der Waals surface area contributed by atoms with Crippen molar-refractivity contribution in [3.8, 4) is 0 Å². The summed E-state index contributed by atoms with van der Waals surface area (Å²) in [5.41, 5.74) is 2.45. The maximum atomic E-state index is 13.1. The minimum absolute atomic E-state index is 0.113. The highest BCUT2D eigenvalue weighted by Crippen LogP contribution is 2.13. The van der Waals surface area contributed by atoms with Gasteiger partial charge in [0, 0.05) is 45.1 Å². The van der Waals surface area contributed by atoms with Crippen LogP contribution in [0.4, 0.5) is 0 Å². The topological polar surface area (TPSA) is 63.7 Å². The van der Waals surface area contributed by atoms with Crippen LogP contribution in [0.25, 0.3) is 0 Å². The molecular weight excluding hydrogens is 380 g/mol. The number of furan rings is 1. The van der Waals surface area contributed by atoms with E-state index in [0.29, 0.717) is 18.8 Å². The van der Waals surface area contributed by atoms with Gasteiger partial charge in [-0.05, 0) is 24.6 Å². The molecule has 0 radical (unpaired) electrons. The van der Waals surface area contributed by atoms with E-state index < -0.39 is 0 Å². The summed E-state index contributed by atoms with van der Waals surface area (Å²) in [5, 5.41) is 0. The van der Waals surface area contributed by atoms with Crippen LogP contribution in [0.5, 0.6) is 0 Å². The summed E-state index contributed by atoms with van der Waals surface area (Å²) < 4.78 is 12.9. The van der Waals surface area contributed by atoms with Crippen LogP contribution in [0.3, 0.4) is 0 Å². The molecule has 1 amide bonds. The number of hydrogen-bond donors (Lipinski definition) is 0. The highest BCUT2D eigenvalue weighted by molar-refractivity contribution is 5.91. The first-order chi connectivity index (χ1) is 14.7. The van der Waals surface area contributed by atoms with Crippen molar-refractivity contribution in [3.63, 3.8) is 0 Å². The van der Waals surface area contributed by atoms with Gasteiger partial charge in [0.1, 0.15) is 5.82 Å². The second-order valence-corrected chi connectivity index (χ2v) is 7.62. The van der Waals surface area contributed by atoms with E-state index in [1.165, 1.54) is 17.4 Å². The van der Waals surface area contributed by atoms with Crippen LogP contribution >= 0.6 is 0 Å². The zero-order valence-corrected chi connectivity index (χ0v) is 17.4. The molecule has 3 aromatic rings. The van der Waals surface area contributed by atoms with Crippen molar-refractivity contribution < 1.29 is 13.9 Å². The summed E-state index contributed by atoms with van der Waals surface area (Å²) >= 11 is 0. The number of hydrogen-bond acceptors (Lipinski definition) is 5. The number of aryl methyl sites for hydroxylation is 1. The van der Waals surface area contributed by atoms with Gasteiger partial charge in [0.2, 0.25) is 0 Å². The van der Waals surface area contributed by atoms with E-state index in [9.17, 15) is 4.79 Å². The summed E-state index contributed by atoms with van der Waals surface area (Å²) in [6.07, 6.45) is 5.30. The number of morpholine rings is 1. The maximum absolute atomic E-state index is 13.1. The lowest BCUT2D eigenvalue weighted by atomic mass is 10.1. The number of amides is 1. The van der Waals surface area contributed by atoms with Crippen molar-refractivity contribution in [2.75, 3.05) is 39.4 Å². The first-order valence-corrected chi connectivity index (χ1v) is 10.4. The van der Waals surface area contributed by atoms with Crippen LogP contribution in [-0.2, 0) is 17.8 Å². The molecule has 158 valence electrons. The predicted octanol–water partition coefficient (Wildman–Crippen LogP) is 2.81. The van der Waals surface area contributed by atoms with E-state index in [4.69, 9.17) is 9.15 Å². The summed E-state index contributed by atoms with van der Waals surface area (Å²) in [7, 11) is 0. The van der Waals surface area contributed by atoms with Crippen molar-refractivity contribution in [3.05, 3.63) is 77.8 Å². The second-order valence-electron chi connectivity index (χ2n) is 7.62. The molecule has 0 spiro atoms. The van der Waals surface area contributed by atoms with E-state index in [2.05, 4.69) is 45.6 Å². The molecule has 3 heterocycles. The third-order valence-corrected chi connectivity index (χ3v) is 5.38. The van der Waals surface area contributed by atoms with Crippen LogP contribution in [0.1, 0.15) is 27.5 Å². The average Bonchev–Trinajstić information content (AvgIpc) is 3.44. The fraction of sp³-hybridized carbons (Fsp3) is 0.391. The van der Waals surface area contributed by atoms with Crippen molar-refractivity contribution in [2.24, 2.45) is 0 Å². The monoisotopic (exact) mass is 408 g/mol. The summed E-state index contributed by atoms with van der Waals surface area (Å²) in [6.45, 7) is 7.93. The lowest BCUT2D eigenvalue weighted by Crippen LogP contribution is -2.43. The molecular formula is C23H28N4O3. The van der Waals surface area contributed by atoms with Gasteiger partial charge in [-0.3, -0.25) is 9.69 Å². The smallest absolute Gasteiger partial charge is 0.289 e. The lowest BCUT2D eigenvalue weighted by Gasteiger charge is -2.29. The molecule has 0 atom stereocenters. The third-order valence-electron chi connectivity index (χ3n) is 5.38. The van der Waals surface area contributed by atoms with Gasteiger partial charge >= 0.3 is 0 Å². The van der Waals surface area contributed by atoms with Gasteiger partial charge in [-0.15, -0.1) is 0 Å². The van der Waals surface area contributed by atoms with Crippen LogP contribution in [0.2, 0.25) is 0 Å². The fourth-order valence-electron chi connectivity index (χ4n) is 3.71. The van der Waals surface area contributed by atoms with Crippen LogP contribution < -0.4 is 0 Å². The molecule has 0 unspecified atom stereocenters. The van der Waals surface area contributed by atoms with E-state index in [-0.39, 0.29) is 5.91 Å². The zero-order chi connectivity index (χ0) is 20.8. The summed E-state index contributed by atoms with van der Waals surface area (Å²) in [5.74, 6) is 1.10. The standard InChI is InChI=1S/C23H28N4O3/c1-19-4-2-5-20(16-19)17-26-8-7-24-22(26)18-27(23(28)21-6-3-13-30-21)10-9-25-11-14-29-15-12-25/h2-8,13,16H,9-12,14-15,17-18H2,1H3. The van der Waals surface area contributed by atoms with Gasteiger partial charge in [-0.25, -0.2) is 4.98 Å². The molecule has 4 rings (SSSR count). The molecule has 2 aromatic heterocycles. The minimum Gasteiger partial charge on any atom is -0.459 e. The number of nitrogens with zero attached hydrogens (tertiary/aromatic N) is 4. The third kappa shape index (κ3) is 5.17. The Bertz CT molecular complexity index is 945. The molecule has 1 saturated heterocycles. The first kappa shape index (κ1) is 20.4. The molecule has 0 N–H and O–H groups in total. The Balaban J connectivity index is 1.48.